The van der Waals surface area contributed by atoms with Crippen molar-refractivity contribution < 1.29 is 4.79 Å². The maximum atomic E-state index is 12.8. The summed E-state index contributed by atoms with van der Waals surface area (Å²) in [5, 5.41) is 14.4. The highest BCUT2D eigenvalue weighted by Gasteiger charge is 2.20. The van der Waals surface area contributed by atoms with Gasteiger partial charge in [0.25, 0.3) is 5.91 Å². The Morgan fingerprint density at radius 3 is 2.37 bits per heavy atom. The minimum absolute atomic E-state index is 0.212. The summed E-state index contributed by atoms with van der Waals surface area (Å²) in [6.07, 6.45) is 1.44. The van der Waals surface area contributed by atoms with E-state index in [-0.39, 0.29) is 22.2 Å². The summed E-state index contributed by atoms with van der Waals surface area (Å²) in [6, 6.07) is 17.6. The smallest absolute Gasteiger partial charge is 0.258 e. The molecule has 6 heteroatoms. The fraction of sp³-hybridized carbons (Fsp3) is 0.208. The molecule has 1 amide bonds. The second-order valence-electron chi connectivity index (χ2n) is 7.40. The first-order valence-electron chi connectivity index (χ1n) is 9.80. The van der Waals surface area contributed by atoms with Crippen molar-refractivity contribution in [3.05, 3.63) is 88.1 Å². The predicted molar refractivity (Wildman–Crippen MR) is 124 cm³/mol. The van der Waals surface area contributed by atoms with Crippen LogP contribution in [-0.4, -0.2) is 16.6 Å². The summed E-state index contributed by atoms with van der Waals surface area (Å²) < 4.78 is 0. The zero-order chi connectivity index (χ0) is 21.7. The largest absolute Gasteiger partial charge is 0.365 e. The van der Waals surface area contributed by atoms with Gasteiger partial charge in [-0.25, -0.2) is 4.98 Å². The van der Waals surface area contributed by atoms with Crippen LogP contribution in [0.1, 0.15) is 53.7 Å². The molecule has 1 heterocycles. The Morgan fingerprint density at radius 1 is 1.10 bits per heavy atom. The third-order valence-electron chi connectivity index (χ3n) is 4.77. The number of pyridine rings is 1. The van der Waals surface area contributed by atoms with Crippen molar-refractivity contribution in [1.82, 2.24) is 4.98 Å². The molecule has 1 aromatic heterocycles. The molecule has 0 radical (unpaired) electrons. The van der Waals surface area contributed by atoms with Crippen LogP contribution in [0.5, 0.6) is 0 Å². The maximum absolute atomic E-state index is 12.8. The van der Waals surface area contributed by atoms with Crippen molar-refractivity contribution in [3.8, 4) is 0 Å². The van der Waals surface area contributed by atoms with E-state index in [1.54, 1.807) is 6.92 Å². The molecule has 0 spiro atoms. The minimum atomic E-state index is -0.359. The summed E-state index contributed by atoms with van der Waals surface area (Å²) >= 11 is 6.54. The second-order valence-corrected chi connectivity index (χ2v) is 7.78. The number of amides is 1. The summed E-state index contributed by atoms with van der Waals surface area (Å²) in [5.74, 6) is 0.540. The molecule has 0 unspecified atom stereocenters. The second kappa shape index (κ2) is 9.55. The van der Waals surface area contributed by atoms with Gasteiger partial charge >= 0.3 is 0 Å². The highest BCUT2D eigenvalue weighted by molar-refractivity contribution is 6.38. The van der Waals surface area contributed by atoms with Crippen molar-refractivity contribution >= 4 is 34.7 Å². The highest BCUT2D eigenvalue weighted by atomic mass is 35.5. The summed E-state index contributed by atoms with van der Waals surface area (Å²) in [7, 11) is 0. The quantitative estimate of drug-likeness (QED) is 0.403. The summed E-state index contributed by atoms with van der Waals surface area (Å²) in [4.78, 5) is 17.2. The molecule has 3 N–H and O–H groups in total. The first-order chi connectivity index (χ1) is 14.4. The fourth-order valence-corrected chi connectivity index (χ4v) is 3.42. The van der Waals surface area contributed by atoms with Crippen LogP contribution >= 0.6 is 11.6 Å². The van der Waals surface area contributed by atoms with E-state index in [0.29, 0.717) is 29.5 Å². The SMILES string of the molecule is CC(=N)c1c(NCc2ccccc2)ncc(C(=O)Nc2ccc(C(C)C)cc2)c1Cl. The van der Waals surface area contributed by atoms with Crippen LogP contribution < -0.4 is 10.6 Å². The standard InChI is InChI=1S/C24H25ClN4O/c1-15(2)18-9-11-19(12-10-18)29-24(30)20-14-28-23(21(16(3)26)22(20)25)27-13-17-7-5-4-6-8-17/h4-12,14-15,26H,13H2,1-3H3,(H,27,28)(H,29,30). The van der Waals surface area contributed by atoms with E-state index < -0.39 is 0 Å². The lowest BCUT2D eigenvalue weighted by atomic mass is 10.0. The normalized spacial score (nSPS) is 10.7. The lowest BCUT2D eigenvalue weighted by Crippen LogP contribution is -2.16. The molecule has 0 fully saturated rings. The van der Waals surface area contributed by atoms with Crippen LogP contribution in [-0.2, 0) is 6.54 Å². The molecule has 3 aromatic rings. The maximum Gasteiger partial charge on any atom is 0.258 e. The van der Waals surface area contributed by atoms with Crippen LogP contribution in [0.4, 0.5) is 11.5 Å². The number of hydrogen-bond donors (Lipinski definition) is 3. The van der Waals surface area contributed by atoms with Gasteiger partial charge in [-0.3, -0.25) is 4.79 Å². The Bertz CT molecular complexity index is 1050. The first-order valence-corrected chi connectivity index (χ1v) is 10.2. The molecule has 2 aromatic carbocycles. The number of carbonyl (C=O) groups is 1. The average molecular weight is 421 g/mol. The first kappa shape index (κ1) is 21.5. The predicted octanol–water partition coefficient (Wildman–Crippen LogP) is 6.11. The number of anilines is 2. The van der Waals surface area contributed by atoms with E-state index in [4.69, 9.17) is 17.0 Å². The number of benzene rings is 2. The van der Waals surface area contributed by atoms with Gasteiger partial charge in [0, 0.05) is 24.1 Å². The number of nitrogens with zero attached hydrogens (tertiary/aromatic N) is 1. The van der Waals surface area contributed by atoms with Gasteiger partial charge in [0.1, 0.15) is 5.82 Å². The molecule has 0 aliphatic rings. The molecule has 30 heavy (non-hydrogen) atoms. The van der Waals surface area contributed by atoms with Crippen LogP contribution in [0.25, 0.3) is 0 Å². The van der Waals surface area contributed by atoms with E-state index in [1.807, 2.05) is 54.6 Å². The van der Waals surface area contributed by atoms with Gasteiger partial charge in [0.15, 0.2) is 0 Å². The van der Waals surface area contributed by atoms with E-state index in [1.165, 1.54) is 11.8 Å². The van der Waals surface area contributed by atoms with Gasteiger partial charge < -0.3 is 16.0 Å². The van der Waals surface area contributed by atoms with E-state index in [9.17, 15) is 4.79 Å². The van der Waals surface area contributed by atoms with Gasteiger partial charge in [-0.15, -0.1) is 0 Å². The lowest BCUT2D eigenvalue weighted by molar-refractivity contribution is 0.102. The van der Waals surface area contributed by atoms with Crippen molar-refractivity contribution in [2.75, 3.05) is 10.6 Å². The van der Waals surface area contributed by atoms with E-state index >= 15 is 0 Å². The van der Waals surface area contributed by atoms with Crippen molar-refractivity contribution in [1.29, 1.82) is 5.41 Å². The Hall–Kier alpha value is -3.18. The van der Waals surface area contributed by atoms with Crippen molar-refractivity contribution in [2.45, 2.75) is 33.2 Å². The molecular weight excluding hydrogens is 396 g/mol. The molecule has 0 bridgehead atoms. The number of halogens is 1. The van der Waals surface area contributed by atoms with Crippen molar-refractivity contribution in [3.63, 3.8) is 0 Å². The monoisotopic (exact) mass is 420 g/mol. The van der Waals surface area contributed by atoms with Crippen LogP contribution in [0.2, 0.25) is 5.02 Å². The summed E-state index contributed by atoms with van der Waals surface area (Å²) in [5.41, 5.74) is 3.85. The Morgan fingerprint density at radius 2 is 1.77 bits per heavy atom. The van der Waals surface area contributed by atoms with Gasteiger partial charge in [0.2, 0.25) is 0 Å². The van der Waals surface area contributed by atoms with Crippen LogP contribution in [0, 0.1) is 5.41 Å². The number of nitrogens with one attached hydrogen (secondary N) is 3. The molecule has 0 saturated heterocycles. The third-order valence-corrected chi connectivity index (χ3v) is 5.17. The van der Waals surface area contributed by atoms with Gasteiger partial charge in [-0.1, -0.05) is 67.9 Å². The molecular formula is C24H25ClN4O. The van der Waals surface area contributed by atoms with Crippen molar-refractivity contribution in [2.24, 2.45) is 0 Å². The molecule has 154 valence electrons. The fourth-order valence-electron chi connectivity index (χ4n) is 3.05. The Labute approximate surface area is 182 Å². The van der Waals surface area contributed by atoms with Crippen LogP contribution in [0.3, 0.4) is 0 Å². The number of hydrogen-bond acceptors (Lipinski definition) is 4. The van der Waals surface area contributed by atoms with Gasteiger partial charge in [-0.2, -0.15) is 0 Å². The topological polar surface area (TPSA) is 77.9 Å². The number of aromatic nitrogens is 1. The molecule has 3 rings (SSSR count). The van der Waals surface area contributed by atoms with E-state index in [0.717, 1.165) is 5.56 Å². The molecule has 5 nitrogen and oxygen atoms in total. The average Bonchev–Trinajstić information content (AvgIpc) is 2.73. The molecule has 0 saturated carbocycles. The Balaban J connectivity index is 1.82. The van der Waals surface area contributed by atoms with Crippen LogP contribution in [0.15, 0.2) is 60.8 Å². The Kier molecular flexibility index (Phi) is 6.85. The zero-order valence-corrected chi connectivity index (χ0v) is 18.0. The summed E-state index contributed by atoms with van der Waals surface area (Å²) in [6.45, 7) is 6.41. The highest BCUT2D eigenvalue weighted by Crippen LogP contribution is 2.28. The molecule has 0 aliphatic heterocycles. The zero-order valence-electron chi connectivity index (χ0n) is 17.3. The number of rotatable bonds is 7. The van der Waals surface area contributed by atoms with Gasteiger partial charge in [-0.05, 0) is 36.1 Å². The number of carbonyl (C=O) groups excluding carboxylic acids is 1. The molecule has 0 atom stereocenters. The van der Waals surface area contributed by atoms with E-state index in [2.05, 4.69) is 29.5 Å². The minimum Gasteiger partial charge on any atom is -0.365 e. The lowest BCUT2D eigenvalue weighted by Gasteiger charge is -2.15. The van der Waals surface area contributed by atoms with Gasteiger partial charge in [0.05, 0.1) is 16.1 Å². The molecule has 0 aliphatic carbocycles. The third kappa shape index (κ3) is 5.05.